The summed E-state index contributed by atoms with van der Waals surface area (Å²) in [6.45, 7) is 12.6. The highest BCUT2D eigenvalue weighted by atomic mass is 16.5. The molecule has 3 N–H and O–H groups in total. The molecule has 6 saturated carbocycles. The van der Waals surface area contributed by atoms with Gasteiger partial charge in [-0.15, -0.1) is 5.92 Å². The van der Waals surface area contributed by atoms with E-state index in [2.05, 4.69) is 75.7 Å². The van der Waals surface area contributed by atoms with E-state index in [0.29, 0.717) is 60.9 Å². The van der Waals surface area contributed by atoms with Crippen LogP contribution in [0.5, 0.6) is 0 Å². The molecular formula is C55H77NO7. The molecule has 0 spiro atoms. The van der Waals surface area contributed by atoms with Crippen molar-refractivity contribution in [2.45, 2.75) is 167 Å². The maximum atomic E-state index is 12.5. The van der Waals surface area contributed by atoms with E-state index in [1.165, 1.54) is 23.8 Å². The average molecular weight is 864 g/mol. The van der Waals surface area contributed by atoms with Crippen molar-refractivity contribution in [1.82, 2.24) is 0 Å². The van der Waals surface area contributed by atoms with Crippen molar-refractivity contribution in [2.24, 2.45) is 63.6 Å². The summed E-state index contributed by atoms with van der Waals surface area (Å²) in [6.07, 6.45) is 15.3. The fraction of sp³-hybridized carbons (Fsp3) is 0.745. The summed E-state index contributed by atoms with van der Waals surface area (Å²) in [6, 6.07) is 9.13. The number of benzene rings is 1. The van der Waals surface area contributed by atoms with Crippen molar-refractivity contribution in [1.29, 1.82) is 0 Å². The van der Waals surface area contributed by atoms with Gasteiger partial charge in [0.25, 0.3) is 0 Å². The Kier molecular flexibility index (Phi) is 12.2. The van der Waals surface area contributed by atoms with Crippen molar-refractivity contribution in [3.05, 3.63) is 52.6 Å². The Balaban J connectivity index is 0.837. The molecule has 1 aromatic carbocycles. The number of nitrogens with zero attached hydrogens (tertiary/aromatic N) is 1. The third kappa shape index (κ3) is 7.41. The van der Waals surface area contributed by atoms with Gasteiger partial charge in [-0.2, -0.15) is 0 Å². The van der Waals surface area contributed by atoms with Crippen LogP contribution >= 0.6 is 0 Å². The number of carbonyl (C=O) groups is 2. The first kappa shape index (κ1) is 45.2. The van der Waals surface area contributed by atoms with Gasteiger partial charge in [0, 0.05) is 43.5 Å². The molecule has 9 rings (SSSR count). The second-order valence-electron chi connectivity index (χ2n) is 22.7. The zero-order valence-electron chi connectivity index (χ0n) is 39.5. The normalized spacial score (nSPS) is 43.2. The van der Waals surface area contributed by atoms with Crippen LogP contribution in [0.3, 0.4) is 0 Å². The molecule has 0 radical (unpaired) electrons. The molecule has 6 fully saturated rings. The van der Waals surface area contributed by atoms with Crippen molar-refractivity contribution >= 4 is 17.4 Å². The molecule has 0 unspecified atom stereocenters. The SMILES string of the molecule is CC#C[C@]1(O)CC[C@H]2[C@@H]3CCC4=CC(=O)CCC4=C3[C@@H](c3ccc(N(C)CCO[C@H]4CC[C@@]5(C)[C@@H](C4)C[C@@H](O)[C@@H]4[C@@H]5C[C@H](O)[C@]5(C)[C@@H]([C@H](C)CCC(=O)OC)CC[C@@H]45)cc3)C[C@@]21C. The molecule has 16 atom stereocenters. The summed E-state index contributed by atoms with van der Waals surface area (Å²) < 4.78 is 11.6. The number of rotatable bonds is 10. The van der Waals surface area contributed by atoms with Crippen LogP contribution in [0.2, 0.25) is 0 Å². The Labute approximate surface area is 378 Å². The fourth-order valence-corrected chi connectivity index (χ4v) is 16.7. The number of methoxy groups -OCH3 is 1. The molecule has 8 aliphatic rings. The van der Waals surface area contributed by atoms with E-state index in [0.717, 1.165) is 102 Å². The molecule has 0 aliphatic heterocycles. The number of likely N-dealkylation sites (N-methyl/N-ethyl adjacent to an activating group) is 1. The molecule has 8 aliphatic carbocycles. The molecule has 8 heteroatoms. The van der Waals surface area contributed by atoms with Crippen LogP contribution < -0.4 is 4.90 Å². The number of ether oxygens (including phenoxy) is 2. The maximum absolute atomic E-state index is 12.5. The van der Waals surface area contributed by atoms with Gasteiger partial charge in [-0.3, -0.25) is 9.59 Å². The number of fused-ring (bicyclic) bond motifs is 9. The maximum Gasteiger partial charge on any atom is 0.305 e. The van der Waals surface area contributed by atoms with E-state index in [1.807, 2.05) is 13.0 Å². The summed E-state index contributed by atoms with van der Waals surface area (Å²) in [5.41, 5.74) is 5.24. The van der Waals surface area contributed by atoms with Crippen LogP contribution in [-0.4, -0.2) is 78.3 Å². The monoisotopic (exact) mass is 864 g/mol. The van der Waals surface area contributed by atoms with Gasteiger partial charge in [-0.1, -0.05) is 51.3 Å². The predicted molar refractivity (Wildman–Crippen MR) is 247 cm³/mol. The first-order valence-corrected chi connectivity index (χ1v) is 25.0. The Morgan fingerprint density at radius 2 is 1.73 bits per heavy atom. The number of anilines is 1. The van der Waals surface area contributed by atoms with Crippen LogP contribution in [0.25, 0.3) is 0 Å². The van der Waals surface area contributed by atoms with Crippen LogP contribution in [0.1, 0.15) is 149 Å². The lowest BCUT2D eigenvalue weighted by Crippen LogP contribution is -2.62. The molecule has 1 aromatic rings. The zero-order chi connectivity index (χ0) is 44.6. The number of esters is 1. The number of ketones is 1. The summed E-state index contributed by atoms with van der Waals surface area (Å²) in [4.78, 5) is 26.8. The lowest BCUT2D eigenvalue weighted by molar-refractivity contribution is -0.209. The number of allylic oxidation sites excluding steroid dienone is 4. The summed E-state index contributed by atoms with van der Waals surface area (Å²) in [5, 5.41) is 36.1. The molecule has 0 saturated heterocycles. The first-order chi connectivity index (χ1) is 30.1. The molecule has 8 nitrogen and oxygen atoms in total. The van der Waals surface area contributed by atoms with Crippen molar-refractivity contribution in [3.63, 3.8) is 0 Å². The first-order valence-electron chi connectivity index (χ1n) is 25.0. The predicted octanol–water partition coefficient (Wildman–Crippen LogP) is 9.35. The van der Waals surface area contributed by atoms with Gasteiger partial charge in [0.2, 0.25) is 0 Å². The average Bonchev–Trinajstić information content (AvgIpc) is 3.76. The van der Waals surface area contributed by atoms with Gasteiger partial charge in [0.05, 0.1) is 32.0 Å². The summed E-state index contributed by atoms with van der Waals surface area (Å²) in [7, 11) is 3.60. The topological polar surface area (TPSA) is 117 Å². The molecule has 63 heavy (non-hydrogen) atoms. The number of hydrogen-bond acceptors (Lipinski definition) is 8. The quantitative estimate of drug-likeness (QED) is 0.158. The van der Waals surface area contributed by atoms with E-state index < -0.39 is 11.7 Å². The number of aliphatic hydroxyl groups excluding tert-OH is 2. The Morgan fingerprint density at radius 1 is 0.952 bits per heavy atom. The molecule has 344 valence electrons. The minimum absolute atomic E-state index is 0.0798. The Hall–Kier alpha value is -2.96. The lowest BCUT2D eigenvalue weighted by Gasteiger charge is -2.63. The number of hydrogen-bond donors (Lipinski definition) is 3. The van der Waals surface area contributed by atoms with Crippen molar-refractivity contribution in [2.75, 3.05) is 32.2 Å². The van der Waals surface area contributed by atoms with Gasteiger partial charge < -0.3 is 29.7 Å². The molecule has 0 heterocycles. The fourth-order valence-electron chi connectivity index (χ4n) is 16.7. The van der Waals surface area contributed by atoms with E-state index in [4.69, 9.17) is 9.47 Å². The van der Waals surface area contributed by atoms with E-state index >= 15 is 0 Å². The van der Waals surface area contributed by atoms with Gasteiger partial charge in [-0.25, -0.2) is 0 Å². The highest BCUT2D eigenvalue weighted by molar-refractivity contribution is 5.93. The summed E-state index contributed by atoms with van der Waals surface area (Å²) >= 11 is 0. The van der Waals surface area contributed by atoms with E-state index in [-0.39, 0.29) is 52.0 Å². The minimum Gasteiger partial charge on any atom is -0.469 e. The van der Waals surface area contributed by atoms with Crippen LogP contribution in [0.4, 0.5) is 5.69 Å². The smallest absolute Gasteiger partial charge is 0.305 e. The van der Waals surface area contributed by atoms with Gasteiger partial charge >= 0.3 is 5.97 Å². The van der Waals surface area contributed by atoms with Crippen LogP contribution in [0.15, 0.2) is 47.1 Å². The standard InChI is InChI=1S/C55H77NO7/c1-8-23-55(61)25-22-44-41-16-12-35-28-38(57)15-17-40(35)50(41)42(32-53(44,55)4)34-10-13-37(14-11-34)56(6)26-27-63-39-21-24-52(3)36(29-39)30-47(58)51-45-19-18-43(33(2)9-20-49(60)62-7)54(45,5)48(59)31-46(51)52/h10-11,13-14,28,33,36,39,41-48,51,58-59,61H,9,12,15-22,24-27,29-32H2,1-7H3/t33-,36+,39+,41+,42-,43-,44+,45+,46+,47-,48+,51+,52+,53+,54-,55+/m1/s1. The molecule has 0 aromatic heterocycles. The Morgan fingerprint density at radius 3 is 2.48 bits per heavy atom. The van der Waals surface area contributed by atoms with Gasteiger partial charge in [0.1, 0.15) is 5.60 Å². The van der Waals surface area contributed by atoms with Crippen LogP contribution in [0, 0.1) is 75.4 Å². The molecule has 0 bridgehead atoms. The number of aliphatic hydroxyl groups is 3. The number of carbonyl (C=O) groups excluding carboxylic acids is 2. The zero-order valence-corrected chi connectivity index (χ0v) is 39.5. The third-order valence-electron chi connectivity index (χ3n) is 20.3. The lowest BCUT2D eigenvalue weighted by atomic mass is 9.43. The highest BCUT2D eigenvalue weighted by Gasteiger charge is 2.66. The highest BCUT2D eigenvalue weighted by Crippen LogP contribution is 2.69. The summed E-state index contributed by atoms with van der Waals surface area (Å²) in [5.74, 6) is 9.29. The van der Waals surface area contributed by atoms with Crippen LogP contribution in [-0.2, 0) is 19.1 Å². The largest absolute Gasteiger partial charge is 0.469 e. The second-order valence-corrected chi connectivity index (χ2v) is 22.7. The minimum atomic E-state index is -0.982. The van der Waals surface area contributed by atoms with Gasteiger partial charge in [-0.05, 0) is 190 Å². The molecule has 0 amide bonds. The van der Waals surface area contributed by atoms with Crippen molar-refractivity contribution in [3.8, 4) is 11.8 Å². The van der Waals surface area contributed by atoms with Crippen molar-refractivity contribution < 1.29 is 34.4 Å². The van der Waals surface area contributed by atoms with E-state index in [9.17, 15) is 24.9 Å². The second kappa shape index (κ2) is 17.0. The van der Waals surface area contributed by atoms with E-state index in [1.54, 1.807) is 5.57 Å². The Bertz CT molecular complexity index is 2050. The third-order valence-corrected chi connectivity index (χ3v) is 20.3. The molecular weight excluding hydrogens is 787 g/mol. The van der Waals surface area contributed by atoms with Gasteiger partial charge in [0.15, 0.2) is 5.78 Å².